The fourth-order valence-electron chi connectivity index (χ4n) is 1.83. The van der Waals surface area contributed by atoms with Crippen molar-refractivity contribution in [3.63, 3.8) is 0 Å². The van der Waals surface area contributed by atoms with Crippen molar-refractivity contribution in [1.82, 2.24) is 10.6 Å². The third kappa shape index (κ3) is 3.96. The molecule has 2 atom stereocenters. The van der Waals surface area contributed by atoms with Crippen LogP contribution in [-0.4, -0.2) is 44.8 Å². The Hall–Kier alpha value is -0.593. The van der Waals surface area contributed by atoms with E-state index < -0.39 is 14.4 Å². The van der Waals surface area contributed by atoms with Gasteiger partial charge in [-0.25, -0.2) is 4.79 Å². The molecule has 0 spiro atoms. The Morgan fingerprint density at radius 3 is 2.56 bits per heavy atom. The van der Waals surface area contributed by atoms with Crippen molar-refractivity contribution in [1.29, 1.82) is 0 Å². The zero-order chi connectivity index (χ0) is 14.0. The standard InChI is InChI=1S/C12H26N2O3Si/c1-12(2,3)18(4,5)17-10-6-7-13-8-9(10)14-11(15)16/h9-10,13-14H,6-8H2,1-5H3,(H,15,16). The lowest BCUT2D eigenvalue weighted by molar-refractivity contribution is 0.103. The first-order valence-electron chi connectivity index (χ1n) is 6.51. The molecule has 0 aliphatic carbocycles. The SMILES string of the molecule is CC(C)(C)[Si](C)(C)OC1CCNCC1NC(=O)O. The molecule has 106 valence electrons. The van der Waals surface area contributed by atoms with Crippen molar-refractivity contribution in [3.8, 4) is 0 Å². The number of hydrogen-bond acceptors (Lipinski definition) is 3. The molecule has 2 unspecified atom stereocenters. The topological polar surface area (TPSA) is 70.6 Å². The first kappa shape index (κ1) is 15.5. The highest BCUT2D eigenvalue weighted by Gasteiger charge is 2.41. The molecule has 1 saturated heterocycles. The summed E-state index contributed by atoms with van der Waals surface area (Å²) in [5, 5.41) is 14.8. The van der Waals surface area contributed by atoms with Gasteiger partial charge in [0.15, 0.2) is 8.32 Å². The van der Waals surface area contributed by atoms with Crippen molar-refractivity contribution in [2.45, 2.75) is 57.5 Å². The van der Waals surface area contributed by atoms with Gasteiger partial charge in [-0.2, -0.15) is 0 Å². The first-order chi connectivity index (χ1) is 8.13. The highest BCUT2D eigenvalue weighted by Crippen LogP contribution is 2.38. The number of hydrogen-bond donors (Lipinski definition) is 3. The molecule has 5 nitrogen and oxygen atoms in total. The van der Waals surface area contributed by atoms with Gasteiger partial charge in [0.05, 0.1) is 12.1 Å². The summed E-state index contributed by atoms with van der Waals surface area (Å²) in [4.78, 5) is 10.8. The molecule has 1 rings (SSSR count). The van der Waals surface area contributed by atoms with E-state index in [2.05, 4.69) is 44.5 Å². The molecule has 1 heterocycles. The second-order valence-corrected chi connectivity index (χ2v) is 11.2. The van der Waals surface area contributed by atoms with E-state index in [1.54, 1.807) is 0 Å². The molecule has 3 N–H and O–H groups in total. The van der Waals surface area contributed by atoms with Gasteiger partial charge in [-0.3, -0.25) is 0 Å². The monoisotopic (exact) mass is 274 g/mol. The fraction of sp³-hybridized carbons (Fsp3) is 0.917. The van der Waals surface area contributed by atoms with Crippen LogP contribution in [0.1, 0.15) is 27.2 Å². The number of carboxylic acid groups (broad SMARTS) is 1. The average Bonchev–Trinajstić information content (AvgIpc) is 2.18. The Bertz CT molecular complexity index is 302. The lowest BCUT2D eigenvalue weighted by atomic mass is 10.0. The average molecular weight is 274 g/mol. The van der Waals surface area contributed by atoms with Crippen LogP contribution in [0.5, 0.6) is 0 Å². The smallest absolute Gasteiger partial charge is 0.405 e. The molecule has 0 bridgehead atoms. The van der Waals surface area contributed by atoms with Crippen LogP contribution in [0.3, 0.4) is 0 Å². The summed E-state index contributed by atoms with van der Waals surface area (Å²) in [5.74, 6) is 0. The van der Waals surface area contributed by atoms with Gasteiger partial charge in [0, 0.05) is 6.54 Å². The normalized spacial score (nSPS) is 25.8. The summed E-state index contributed by atoms with van der Waals surface area (Å²) in [5.41, 5.74) is 0. The van der Waals surface area contributed by atoms with Crippen LogP contribution in [0, 0.1) is 0 Å². The summed E-state index contributed by atoms with van der Waals surface area (Å²) >= 11 is 0. The maximum atomic E-state index is 10.8. The summed E-state index contributed by atoms with van der Waals surface area (Å²) in [6.07, 6.45) is -0.131. The molecular weight excluding hydrogens is 248 g/mol. The van der Waals surface area contributed by atoms with E-state index in [4.69, 9.17) is 9.53 Å². The Morgan fingerprint density at radius 2 is 2.06 bits per heavy atom. The van der Waals surface area contributed by atoms with E-state index in [9.17, 15) is 4.79 Å². The van der Waals surface area contributed by atoms with Crippen LogP contribution in [0.15, 0.2) is 0 Å². The minimum Gasteiger partial charge on any atom is -0.465 e. The van der Waals surface area contributed by atoms with Crippen molar-refractivity contribution >= 4 is 14.4 Å². The van der Waals surface area contributed by atoms with E-state index in [1.165, 1.54) is 0 Å². The summed E-state index contributed by atoms with van der Waals surface area (Å²) in [6.45, 7) is 12.5. The largest absolute Gasteiger partial charge is 0.465 e. The van der Waals surface area contributed by atoms with Crippen molar-refractivity contribution in [3.05, 3.63) is 0 Å². The number of amides is 1. The second kappa shape index (κ2) is 5.58. The number of nitrogens with one attached hydrogen (secondary N) is 2. The van der Waals surface area contributed by atoms with Gasteiger partial charge in [-0.1, -0.05) is 20.8 Å². The maximum absolute atomic E-state index is 10.8. The summed E-state index contributed by atoms with van der Waals surface area (Å²) < 4.78 is 6.33. The van der Waals surface area contributed by atoms with Crippen LogP contribution < -0.4 is 10.6 Å². The molecule has 0 aromatic rings. The van der Waals surface area contributed by atoms with Gasteiger partial charge in [-0.05, 0) is 31.1 Å². The summed E-state index contributed by atoms with van der Waals surface area (Å²) in [6, 6.07) is -0.148. The maximum Gasteiger partial charge on any atom is 0.405 e. The van der Waals surface area contributed by atoms with E-state index in [0.29, 0.717) is 6.54 Å². The lowest BCUT2D eigenvalue weighted by Crippen LogP contribution is -2.58. The molecule has 1 amide bonds. The van der Waals surface area contributed by atoms with Gasteiger partial charge >= 0.3 is 6.09 Å². The highest BCUT2D eigenvalue weighted by atomic mass is 28.4. The summed E-state index contributed by atoms with van der Waals surface area (Å²) in [7, 11) is -1.85. The van der Waals surface area contributed by atoms with Gasteiger partial charge in [-0.15, -0.1) is 0 Å². The predicted molar refractivity (Wildman–Crippen MR) is 74.5 cm³/mol. The number of rotatable bonds is 3. The van der Waals surface area contributed by atoms with Crippen LogP contribution in [-0.2, 0) is 4.43 Å². The van der Waals surface area contributed by atoms with Crippen LogP contribution in [0.2, 0.25) is 18.1 Å². The van der Waals surface area contributed by atoms with Crippen LogP contribution >= 0.6 is 0 Å². The van der Waals surface area contributed by atoms with Gasteiger partial charge in [0.2, 0.25) is 0 Å². The zero-order valence-electron chi connectivity index (χ0n) is 12.0. The lowest BCUT2D eigenvalue weighted by Gasteiger charge is -2.43. The van der Waals surface area contributed by atoms with Crippen molar-refractivity contribution in [2.75, 3.05) is 13.1 Å². The van der Waals surface area contributed by atoms with E-state index in [1.807, 2.05) is 0 Å². The molecule has 0 aromatic heterocycles. The number of carbonyl (C=O) groups is 1. The quantitative estimate of drug-likeness (QED) is 0.689. The molecule has 1 aliphatic heterocycles. The highest BCUT2D eigenvalue weighted by molar-refractivity contribution is 6.74. The van der Waals surface area contributed by atoms with Crippen LogP contribution in [0.25, 0.3) is 0 Å². The predicted octanol–water partition coefficient (Wildman–Crippen LogP) is 2.01. The van der Waals surface area contributed by atoms with Gasteiger partial charge < -0.3 is 20.2 Å². The van der Waals surface area contributed by atoms with E-state index in [0.717, 1.165) is 13.0 Å². The molecule has 0 radical (unpaired) electrons. The molecule has 18 heavy (non-hydrogen) atoms. The third-order valence-electron chi connectivity index (χ3n) is 3.98. The Labute approximate surface area is 110 Å². The van der Waals surface area contributed by atoms with Gasteiger partial charge in [0.1, 0.15) is 0 Å². The van der Waals surface area contributed by atoms with Crippen molar-refractivity contribution in [2.24, 2.45) is 0 Å². The second-order valence-electron chi connectivity index (χ2n) is 6.47. The molecule has 0 saturated carbocycles. The molecule has 0 aromatic carbocycles. The fourth-order valence-corrected chi connectivity index (χ4v) is 3.23. The minimum atomic E-state index is -1.85. The Morgan fingerprint density at radius 1 is 1.44 bits per heavy atom. The Balaban J connectivity index is 2.70. The zero-order valence-corrected chi connectivity index (χ0v) is 13.0. The van der Waals surface area contributed by atoms with E-state index >= 15 is 0 Å². The van der Waals surface area contributed by atoms with Crippen LogP contribution in [0.4, 0.5) is 4.79 Å². The molecule has 1 fully saturated rings. The van der Waals surface area contributed by atoms with Gasteiger partial charge in [0.25, 0.3) is 0 Å². The van der Waals surface area contributed by atoms with Crippen molar-refractivity contribution < 1.29 is 14.3 Å². The minimum absolute atomic E-state index is 0.0109. The number of piperidine rings is 1. The third-order valence-corrected chi connectivity index (χ3v) is 8.48. The first-order valence-corrected chi connectivity index (χ1v) is 9.42. The Kier molecular flexibility index (Phi) is 4.80. The molecule has 1 aliphatic rings. The molecule has 6 heteroatoms. The molecular formula is C12H26N2O3Si. The van der Waals surface area contributed by atoms with E-state index in [-0.39, 0.29) is 17.2 Å².